The number of anilines is 2. The minimum Gasteiger partial charge on any atom is -0.493 e. The van der Waals surface area contributed by atoms with Gasteiger partial charge in [-0.3, -0.25) is 10.0 Å². The molecule has 0 aliphatic carbocycles. The first-order valence-electron chi connectivity index (χ1n) is 10.3. The Kier molecular flexibility index (Phi) is 6.22. The summed E-state index contributed by atoms with van der Waals surface area (Å²) in [6, 6.07) is 25.9. The van der Waals surface area contributed by atoms with E-state index in [1.807, 2.05) is 116 Å². The van der Waals surface area contributed by atoms with Crippen LogP contribution in [-0.2, 0) is 0 Å². The van der Waals surface area contributed by atoms with E-state index in [1.165, 1.54) is 0 Å². The average Bonchev–Trinajstić information content (AvgIpc) is 3.27. The van der Waals surface area contributed by atoms with Crippen molar-refractivity contribution in [1.82, 2.24) is 0 Å². The van der Waals surface area contributed by atoms with Crippen LogP contribution in [0.5, 0.6) is 5.75 Å². The molecule has 0 spiro atoms. The zero-order valence-electron chi connectivity index (χ0n) is 18.7. The molecule has 6 nitrogen and oxygen atoms in total. The van der Waals surface area contributed by atoms with Crippen molar-refractivity contribution in [3.05, 3.63) is 90.2 Å². The summed E-state index contributed by atoms with van der Waals surface area (Å²) in [4.78, 5) is 0. The number of para-hydroxylation sites is 2. The van der Waals surface area contributed by atoms with Gasteiger partial charge in [-0.05, 0) is 55.0 Å². The second-order valence-corrected chi connectivity index (χ2v) is 7.40. The Bertz CT molecular complexity index is 1250. The number of benzene rings is 3. The fourth-order valence-electron chi connectivity index (χ4n) is 3.39. The third-order valence-electron chi connectivity index (χ3n) is 5.12. The summed E-state index contributed by atoms with van der Waals surface area (Å²) >= 11 is 0. The van der Waals surface area contributed by atoms with E-state index in [0.29, 0.717) is 17.1 Å². The molecule has 0 unspecified atom stereocenters. The third kappa shape index (κ3) is 4.64. The van der Waals surface area contributed by atoms with Gasteiger partial charge in [0.25, 0.3) is 0 Å². The van der Waals surface area contributed by atoms with Crippen molar-refractivity contribution in [1.29, 1.82) is 0 Å². The first kappa shape index (κ1) is 21.2. The van der Waals surface area contributed by atoms with Gasteiger partial charge in [0.2, 0.25) is 0 Å². The van der Waals surface area contributed by atoms with Crippen molar-refractivity contribution < 1.29 is 9.15 Å². The Hall–Kier alpha value is -4.06. The lowest BCUT2D eigenvalue weighted by atomic mass is 10.1. The van der Waals surface area contributed by atoms with Crippen LogP contribution in [0.3, 0.4) is 0 Å². The highest BCUT2D eigenvalue weighted by molar-refractivity contribution is 6.02. The molecule has 6 heteroatoms. The molecule has 4 aromatic rings. The van der Waals surface area contributed by atoms with Crippen LogP contribution in [0.25, 0.3) is 11.0 Å². The molecule has 0 fully saturated rings. The predicted molar refractivity (Wildman–Crippen MR) is 132 cm³/mol. The molecule has 32 heavy (non-hydrogen) atoms. The number of furan rings is 1. The van der Waals surface area contributed by atoms with Crippen LogP contribution in [-0.4, -0.2) is 33.1 Å². The lowest BCUT2D eigenvalue weighted by molar-refractivity contribution is 0.410. The molecule has 4 rings (SSSR count). The number of hydrogen-bond donors (Lipinski definition) is 0. The fraction of sp³-hybridized carbons (Fsp3) is 0.154. The highest BCUT2D eigenvalue weighted by Crippen LogP contribution is 2.30. The Labute approximate surface area is 188 Å². The number of methoxy groups -OCH3 is 1. The standard InChI is InChI=1S/C26H26N4O2/c1-19(28-30(3)23-13-9-6-10-14-23)24-17-21-15-20(16-25(31-4)26(21)32-24)18-27-29(2)22-11-7-5-8-12-22/h5-18H,1-4H3/b27-18+,28-19+. The van der Waals surface area contributed by atoms with Gasteiger partial charge in [-0.25, -0.2) is 0 Å². The first-order chi connectivity index (χ1) is 15.5. The molecular formula is C26H26N4O2. The lowest BCUT2D eigenvalue weighted by Gasteiger charge is -2.13. The summed E-state index contributed by atoms with van der Waals surface area (Å²) in [7, 11) is 5.47. The zero-order valence-corrected chi connectivity index (χ0v) is 18.7. The SMILES string of the molecule is COc1cc(/C=N/N(C)c2ccccc2)cc2cc(/C(C)=N/N(C)c3ccccc3)oc12. The molecule has 162 valence electrons. The smallest absolute Gasteiger partial charge is 0.176 e. The van der Waals surface area contributed by atoms with E-state index in [9.17, 15) is 0 Å². The van der Waals surface area contributed by atoms with Crippen LogP contribution in [0.15, 0.2) is 93.5 Å². The first-order valence-corrected chi connectivity index (χ1v) is 10.3. The molecule has 3 aromatic carbocycles. The number of hydrogen-bond acceptors (Lipinski definition) is 6. The van der Waals surface area contributed by atoms with Gasteiger partial charge in [0.1, 0.15) is 5.71 Å². The highest BCUT2D eigenvalue weighted by atomic mass is 16.5. The van der Waals surface area contributed by atoms with E-state index < -0.39 is 0 Å². The number of fused-ring (bicyclic) bond motifs is 1. The molecule has 1 aromatic heterocycles. The molecule has 0 atom stereocenters. The average molecular weight is 427 g/mol. The molecule has 0 N–H and O–H groups in total. The Morgan fingerprint density at radius 3 is 2.12 bits per heavy atom. The van der Waals surface area contributed by atoms with Gasteiger partial charge in [-0.15, -0.1) is 0 Å². The van der Waals surface area contributed by atoms with Gasteiger partial charge in [0.15, 0.2) is 17.1 Å². The Morgan fingerprint density at radius 1 is 0.875 bits per heavy atom. The van der Waals surface area contributed by atoms with Crippen LogP contribution >= 0.6 is 0 Å². The van der Waals surface area contributed by atoms with Gasteiger partial charge in [0, 0.05) is 19.5 Å². The number of nitrogens with zero attached hydrogens (tertiary/aromatic N) is 4. The summed E-state index contributed by atoms with van der Waals surface area (Å²) in [5, 5.41) is 13.8. The quantitative estimate of drug-likeness (QED) is 0.278. The molecule has 0 bridgehead atoms. The van der Waals surface area contributed by atoms with Crippen LogP contribution in [0, 0.1) is 0 Å². The minimum atomic E-state index is 0.654. The third-order valence-corrected chi connectivity index (χ3v) is 5.12. The summed E-state index contributed by atoms with van der Waals surface area (Å²) in [5.74, 6) is 1.35. The number of ether oxygens (including phenoxy) is 1. The van der Waals surface area contributed by atoms with Gasteiger partial charge >= 0.3 is 0 Å². The van der Waals surface area contributed by atoms with Crippen molar-refractivity contribution in [2.24, 2.45) is 10.2 Å². The fourth-order valence-corrected chi connectivity index (χ4v) is 3.39. The van der Waals surface area contributed by atoms with E-state index in [2.05, 4.69) is 10.2 Å². The van der Waals surface area contributed by atoms with Crippen molar-refractivity contribution in [3.63, 3.8) is 0 Å². The Morgan fingerprint density at radius 2 is 1.50 bits per heavy atom. The maximum Gasteiger partial charge on any atom is 0.176 e. The van der Waals surface area contributed by atoms with Crippen molar-refractivity contribution in [2.45, 2.75) is 6.92 Å². The second kappa shape index (κ2) is 9.39. The second-order valence-electron chi connectivity index (χ2n) is 7.40. The molecule has 1 heterocycles. The molecule has 0 saturated heterocycles. The van der Waals surface area contributed by atoms with E-state index in [0.717, 1.165) is 28.0 Å². The Balaban J connectivity index is 1.62. The largest absolute Gasteiger partial charge is 0.493 e. The molecule has 0 amide bonds. The lowest BCUT2D eigenvalue weighted by Crippen LogP contribution is -2.11. The topological polar surface area (TPSA) is 53.6 Å². The van der Waals surface area contributed by atoms with E-state index in [-0.39, 0.29) is 0 Å². The van der Waals surface area contributed by atoms with Crippen LogP contribution < -0.4 is 14.8 Å². The maximum absolute atomic E-state index is 6.10. The number of rotatable bonds is 7. The number of hydrazone groups is 2. The summed E-state index contributed by atoms with van der Waals surface area (Å²) in [6.07, 6.45) is 1.81. The summed E-state index contributed by atoms with van der Waals surface area (Å²) in [6.45, 7) is 1.93. The highest BCUT2D eigenvalue weighted by Gasteiger charge is 2.13. The van der Waals surface area contributed by atoms with E-state index in [1.54, 1.807) is 7.11 Å². The normalized spacial score (nSPS) is 11.8. The molecule has 0 aliphatic heterocycles. The predicted octanol–water partition coefficient (Wildman–Crippen LogP) is 5.77. The molecule has 0 aliphatic rings. The van der Waals surface area contributed by atoms with Crippen LogP contribution in [0.1, 0.15) is 18.2 Å². The van der Waals surface area contributed by atoms with E-state index >= 15 is 0 Å². The minimum absolute atomic E-state index is 0.654. The van der Waals surface area contributed by atoms with Crippen molar-refractivity contribution in [3.8, 4) is 5.75 Å². The van der Waals surface area contributed by atoms with Gasteiger partial charge in [0.05, 0.1) is 24.7 Å². The van der Waals surface area contributed by atoms with E-state index in [4.69, 9.17) is 9.15 Å². The van der Waals surface area contributed by atoms with Crippen LogP contribution in [0.2, 0.25) is 0 Å². The molecule has 0 radical (unpaired) electrons. The summed E-state index contributed by atoms with van der Waals surface area (Å²) < 4.78 is 11.7. The van der Waals surface area contributed by atoms with Crippen molar-refractivity contribution >= 4 is 34.3 Å². The van der Waals surface area contributed by atoms with Crippen molar-refractivity contribution in [2.75, 3.05) is 31.2 Å². The monoisotopic (exact) mass is 426 g/mol. The maximum atomic E-state index is 6.10. The van der Waals surface area contributed by atoms with Crippen LogP contribution in [0.4, 0.5) is 11.4 Å². The zero-order chi connectivity index (χ0) is 22.5. The summed E-state index contributed by atoms with van der Waals surface area (Å²) in [5.41, 5.74) is 4.39. The van der Waals surface area contributed by atoms with Gasteiger partial charge < -0.3 is 9.15 Å². The van der Waals surface area contributed by atoms with Gasteiger partial charge in [-0.1, -0.05) is 36.4 Å². The molecular weight excluding hydrogens is 400 g/mol. The van der Waals surface area contributed by atoms with Gasteiger partial charge in [-0.2, -0.15) is 10.2 Å². The molecule has 0 saturated carbocycles.